The Kier molecular flexibility index (Phi) is 6.19. The van der Waals surface area contributed by atoms with Gasteiger partial charge in [-0.1, -0.05) is 35.4 Å². The summed E-state index contributed by atoms with van der Waals surface area (Å²) in [6, 6.07) is 3.60. The molecule has 18 heavy (non-hydrogen) atoms. The van der Waals surface area contributed by atoms with Crippen molar-refractivity contribution in [2.24, 2.45) is 0 Å². The second kappa shape index (κ2) is 7.17. The molecule has 0 unspecified atom stereocenters. The Balaban J connectivity index is 3.24. The van der Waals surface area contributed by atoms with Crippen LogP contribution in [-0.2, 0) is 0 Å². The zero-order valence-corrected chi connectivity index (χ0v) is 13.2. The van der Waals surface area contributed by atoms with Gasteiger partial charge in [0.05, 0.1) is 10.7 Å². The summed E-state index contributed by atoms with van der Waals surface area (Å²) < 4.78 is 0. The number of thiocarbonyl (C=S) groups is 1. The van der Waals surface area contributed by atoms with Crippen molar-refractivity contribution in [1.82, 2.24) is 4.90 Å². The predicted octanol–water partition coefficient (Wildman–Crippen LogP) is 4.44. The molecule has 1 aromatic rings. The third-order valence-corrected chi connectivity index (χ3v) is 3.68. The molecule has 0 amide bonds. The molecule has 5 heteroatoms. The molecule has 0 bridgehead atoms. The monoisotopic (exact) mass is 304 g/mol. The lowest BCUT2D eigenvalue weighted by Crippen LogP contribution is -2.30. The van der Waals surface area contributed by atoms with E-state index in [1.165, 1.54) is 0 Å². The fourth-order valence-electron chi connectivity index (χ4n) is 1.78. The van der Waals surface area contributed by atoms with Crippen molar-refractivity contribution < 1.29 is 0 Å². The first-order valence-electron chi connectivity index (χ1n) is 6.07. The second-order valence-electron chi connectivity index (χ2n) is 3.82. The summed E-state index contributed by atoms with van der Waals surface area (Å²) in [5.41, 5.74) is 1.76. The Morgan fingerprint density at radius 2 is 1.83 bits per heavy atom. The van der Waals surface area contributed by atoms with E-state index in [0.29, 0.717) is 10.0 Å². The van der Waals surface area contributed by atoms with Crippen LogP contribution in [0.4, 0.5) is 5.69 Å². The van der Waals surface area contributed by atoms with E-state index in [1.807, 2.05) is 13.0 Å². The van der Waals surface area contributed by atoms with Crippen LogP contribution in [0.25, 0.3) is 0 Å². The maximum Gasteiger partial charge on any atom is 0.111 e. The lowest BCUT2D eigenvalue weighted by atomic mass is 10.1. The van der Waals surface area contributed by atoms with Crippen LogP contribution in [0.1, 0.15) is 26.3 Å². The number of anilines is 1. The lowest BCUT2D eigenvalue weighted by molar-refractivity contribution is 0.475. The van der Waals surface area contributed by atoms with Gasteiger partial charge >= 0.3 is 0 Å². The third-order valence-electron chi connectivity index (χ3n) is 2.69. The smallest absolute Gasteiger partial charge is 0.111 e. The minimum absolute atomic E-state index is 0.603. The largest absolute Gasteiger partial charge is 0.384 e. The van der Waals surface area contributed by atoms with Crippen LogP contribution in [0.15, 0.2) is 12.1 Å². The first-order valence-corrected chi connectivity index (χ1v) is 7.23. The number of halogens is 2. The highest BCUT2D eigenvalue weighted by Crippen LogP contribution is 2.31. The van der Waals surface area contributed by atoms with Crippen molar-refractivity contribution in [2.45, 2.75) is 20.8 Å². The number of hydrogen-bond donors (Lipinski definition) is 1. The normalized spacial score (nSPS) is 10.3. The van der Waals surface area contributed by atoms with Crippen LogP contribution >= 0.6 is 35.4 Å². The molecule has 0 spiro atoms. The zero-order valence-electron chi connectivity index (χ0n) is 10.9. The zero-order chi connectivity index (χ0) is 13.7. The quantitative estimate of drug-likeness (QED) is 0.810. The second-order valence-corrected chi connectivity index (χ2v) is 5.05. The molecular weight excluding hydrogens is 287 g/mol. The molecule has 0 aliphatic rings. The van der Waals surface area contributed by atoms with Crippen molar-refractivity contribution in [2.75, 3.05) is 25.0 Å². The van der Waals surface area contributed by atoms with E-state index in [2.05, 4.69) is 24.1 Å². The van der Waals surface area contributed by atoms with Crippen LogP contribution in [0.2, 0.25) is 10.0 Å². The predicted molar refractivity (Wildman–Crippen MR) is 85.2 cm³/mol. The van der Waals surface area contributed by atoms with Crippen molar-refractivity contribution >= 4 is 46.1 Å². The summed E-state index contributed by atoms with van der Waals surface area (Å²) in [4.78, 5) is 2.89. The summed E-state index contributed by atoms with van der Waals surface area (Å²) in [5.74, 6) is 0. The van der Waals surface area contributed by atoms with Gasteiger partial charge in [-0.2, -0.15) is 0 Å². The molecular formula is C13H18Cl2N2S. The summed E-state index contributed by atoms with van der Waals surface area (Å²) in [6.45, 7) is 8.70. The molecule has 0 heterocycles. The van der Waals surface area contributed by atoms with Gasteiger partial charge in [-0.15, -0.1) is 0 Å². The molecule has 0 radical (unpaired) electrons. The van der Waals surface area contributed by atoms with Gasteiger partial charge in [0.1, 0.15) is 4.99 Å². The van der Waals surface area contributed by atoms with Crippen LogP contribution in [0.5, 0.6) is 0 Å². The highest BCUT2D eigenvalue weighted by molar-refractivity contribution is 7.80. The van der Waals surface area contributed by atoms with Gasteiger partial charge in [-0.3, -0.25) is 0 Å². The molecule has 0 saturated carbocycles. The molecule has 0 aromatic heterocycles. The van der Waals surface area contributed by atoms with Crippen molar-refractivity contribution in [3.63, 3.8) is 0 Å². The summed E-state index contributed by atoms with van der Waals surface area (Å²) in [5, 5.41) is 4.46. The average Bonchev–Trinajstić information content (AvgIpc) is 2.33. The summed E-state index contributed by atoms with van der Waals surface area (Å²) >= 11 is 17.8. The maximum absolute atomic E-state index is 6.22. The van der Waals surface area contributed by atoms with Crippen molar-refractivity contribution in [3.8, 4) is 0 Å². The van der Waals surface area contributed by atoms with Crippen molar-refractivity contribution in [1.29, 1.82) is 0 Å². The summed E-state index contributed by atoms with van der Waals surface area (Å²) in [7, 11) is 0. The maximum atomic E-state index is 6.22. The molecule has 2 nitrogen and oxygen atoms in total. The van der Waals surface area contributed by atoms with Crippen LogP contribution in [-0.4, -0.2) is 29.5 Å². The van der Waals surface area contributed by atoms with E-state index >= 15 is 0 Å². The van der Waals surface area contributed by atoms with Gasteiger partial charge in [-0.25, -0.2) is 0 Å². The molecule has 0 aliphatic carbocycles. The summed E-state index contributed by atoms with van der Waals surface area (Å²) in [6.07, 6.45) is 0. The fraction of sp³-hybridized carbons (Fsp3) is 0.462. The molecule has 100 valence electrons. The van der Waals surface area contributed by atoms with E-state index in [9.17, 15) is 0 Å². The number of benzene rings is 1. The van der Waals surface area contributed by atoms with Crippen LogP contribution < -0.4 is 5.32 Å². The van der Waals surface area contributed by atoms with E-state index in [-0.39, 0.29) is 0 Å². The van der Waals surface area contributed by atoms with Crippen LogP contribution in [0, 0.1) is 0 Å². The molecule has 1 aromatic carbocycles. The Labute approximate surface area is 124 Å². The lowest BCUT2D eigenvalue weighted by Gasteiger charge is -2.24. The minimum Gasteiger partial charge on any atom is -0.384 e. The molecule has 0 saturated heterocycles. The van der Waals surface area contributed by atoms with Gasteiger partial charge in [0.15, 0.2) is 0 Å². The van der Waals surface area contributed by atoms with Gasteiger partial charge in [-0.05, 0) is 32.9 Å². The molecule has 1 rings (SSSR count). The van der Waals surface area contributed by atoms with E-state index in [0.717, 1.165) is 35.9 Å². The topological polar surface area (TPSA) is 15.3 Å². The number of nitrogens with one attached hydrogen (secondary N) is 1. The SMILES string of the molecule is CCNc1c(Cl)cc(Cl)cc1C(=S)N(CC)CC. The van der Waals surface area contributed by atoms with E-state index in [1.54, 1.807) is 6.07 Å². The Bertz CT molecular complexity index is 431. The number of nitrogens with zero attached hydrogens (tertiary/aromatic N) is 1. The van der Waals surface area contributed by atoms with Gasteiger partial charge in [0.2, 0.25) is 0 Å². The molecule has 0 fully saturated rings. The van der Waals surface area contributed by atoms with E-state index in [4.69, 9.17) is 35.4 Å². The third kappa shape index (κ3) is 3.50. The molecule has 1 N–H and O–H groups in total. The fourth-order valence-corrected chi connectivity index (χ4v) is 2.76. The van der Waals surface area contributed by atoms with Crippen molar-refractivity contribution in [3.05, 3.63) is 27.7 Å². The number of hydrogen-bond acceptors (Lipinski definition) is 2. The highest BCUT2D eigenvalue weighted by Gasteiger charge is 2.16. The van der Waals surface area contributed by atoms with Gasteiger partial charge in [0.25, 0.3) is 0 Å². The Hall–Kier alpha value is -0.510. The molecule has 0 atom stereocenters. The standard InChI is InChI=1S/C13H18Cl2N2S/c1-4-16-12-10(7-9(14)8-11(12)15)13(18)17(5-2)6-3/h7-8,16H,4-6H2,1-3H3. The number of rotatable bonds is 5. The molecule has 0 aliphatic heterocycles. The Morgan fingerprint density at radius 3 is 2.33 bits per heavy atom. The minimum atomic E-state index is 0.603. The first kappa shape index (κ1) is 15.5. The average molecular weight is 305 g/mol. The highest BCUT2D eigenvalue weighted by atomic mass is 35.5. The van der Waals surface area contributed by atoms with Gasteiger partial charge < -0.3 is 10.2 Å². The van der Waals surface area contributed by atoms with Crippen LogP contribution in [0.3, 0.4) is 0 Å². The van der Waals surface area contributed by atoms with E-state index < -0.39 is 0 Å². The van der Waals surface area contributed by atoms with Gasteiger partial charge in [0, 0.05) is 30.2 Å². The Morgan fingerprint density at radius 1 is 1.22 bits per heavy atom. The first-order chi connectivity index (χ1) is 8.54.